The Morgan fingerprint density at radius 3 is 2.64 bits per heavy atom. The van der Waals surface area contributed by atoms with Gasteiger partial charge in [0.1, 0.15) is 5.78 Å². The van der Waals surface area contributed by atoms with Gasteiger partial charge in [-0.05, 0) is 18.6 Å². The number of thiol groups is 1. The molecule has 0 bridgehead atoms. The van der Waals surface area contributed by atoms with Crippen molar-refractivity contribution in [2.24, 2.45) is 5.92 Å². The van der Waals surface area contributed by atoms with E-state index in [1.807, 2.05) is 0 Å². The van der Waals surface area contributed by atoms with Gasteiger partial charge in [-0.2, -0.15) is 12.6 Å². The van der Waals surface area contributed by atoms with Gasteiger partial charge in [0.15, 0.2) is 0 Å². The molecule has 3 heteroatoms. The van der Waals surface area contributed by atoms with Crippen molar-refractivity contribution in [1.82, 2.24) is 0 Å². The van der Waals surface area contributed by atoms with Crippen molar-refractivity contribution >= 4 is 18.4 Å². The summed E-state index contributed by atoms with van der Waals surface area (Å²) in [7, 11) is 0. The molecule has 1 saturated heterocycles. The molecule has 0 radical (unpaired) electrons. The van der Waals surface area contributed by atoms with Crippen molar-refractivity contribution < 1.29 is 9.53 Å². The number of rotatable bonds is 3. The van der Waals surface area contributed by atoms with Gasteiger partial charge < -0.3 is 4.74 Å². The molecule has 0 aromatic heterocycles. The van der Waals surface area contributed by atoms with Crippen LogP contribution in [0.3, 0.4) is 0 Å². The van der Waals surface area contributed by atoms with Crippen LogP contribution in [0.15, 0.2) is 0 Å². The Kier molecular flexibility index (Phi) is 3.94. The second-order valence-electron chi connectivity index (χ2n) is 2.83. The van der Waals surface area contributed by atoms with Crippen molar-refractivity contribution in [2.45, 2.75) is 19.3 Å². The number of carbonyl (C=O) groups is 1. The topological polar surface area (TPSA) is 26.3 Å². The average molecular weight is 174 g/mol. The average Bonchev–Trinajstić information content (AvgIpc) is 2.07. The summed E-state index contributed by atoms with van der Waals surface area (Å²) in [5.41, 5.74) is 0. The van der Waals surface area contributed by atoms with Gasteiger partial charge in [0.05, 0.1) is 0 Å². The molecule has 0 N–H and O–H groups in total. The van der Waals surface area contributed by atoms with Crippen LogP contribution in [0.2, 0.25) is 0 Å². The van der Waals surface area contributed by atoms with E-state index in [4.69, 9.17) is 4.74 Å². The molecule has 0 amide bonds. The van der Waals surface area contributed by atoms with Crippen molar-refractivity contribution in [3.05, 3.63) is 0 Å². The molecule has 1 rings (SSSR count). The standard InChI is InChI=1S/C8H14O2S/c9-8(3-6-11)7-1-4-10-5-2-7/h7,11H,1-6H2. The van der Waals surface area contributed by atoms with Crippen LogP contribution in [0, 0.1) is 5.92 Å². The smallest absolute Gasteiger partial charge is 0.136 e. The zero-order valence-electron chi connectivity index (χ0n) is 6.58. The van der Waals surface area contributed by atoms with Crippen molar-refractivity contribution in [3.8, 4) is 0 Å². The highest BCUT2D eigenvalue weighted by atomic mass is 32.1. The lowest BCUT2D eigenvalue weighted by Gasteiger charge is -2.20. The monoisotopic (exact) mass is 174 g/mol. The normalized spacial score (nSPS) is 20.1. The van der Waals surface area contributed by atoms with Gasteiger partial charge >= 0.3 is 0 Å². The van der Waals surface area contributed by atoms with Crippen LogP contribution >= 0.6 is 12.6 Å². The number of hydrogen-bond acceptors (Lipinski definition) is 3. The number of hydrogen-bond donors (Lipinski definition) is 1. The molecule has 1 aliphatic rings. The molecule has 0 unspecified atom stereocenters. The van der Waals surface area contributed by atoms with E-state index in [1.165, 1.54) is 0 Å². The first-order chi connectivity index (χ1) is 5.34. The highest BCUT2D eigenvalue weighted by molar-refractivity contribution is 7.80. The Morgan fingerprint density at radius 2 is 2.09 bits per heavy atom. The summed E-state index contributed by atoms with van der Waals surface area (Å²) < 4.78 is 5.16. The van der Waals surface area contributed by atoms with Crippen molar-refractivity contribution in [1.29, 1.82) is 0 Å². The fourth-order valence-electron chi connectivity index (χ4n) is 1.33. The fraction of sp³-hybridized carbons (Fsp3) is 0.875. The summed E-state index contributed by atoms with van der Waals surface area (Å²) in [6, 6.07) is 0. The molecule has 2 nitrogen and oxygen atoms in total. The Morgan fingerprint density at radius 1 is 1.45 bits per heavy atom. The number of carbonyl (C=O) groups excluding carboxylic acids is 1. The molecule has 1 heterocycles. The molecular formula is C8H14O2S. The van der Waals surface area contributed by atoms with E-state index in [2.05, 4.69) is 12.6 Å². The second-order valence-corrected chi connectivity index (χ2v) is 3.27. The minimum atomic E-state index is 0.260. The first-order valence-electron chi connectivity index (χ1n) is 4.06. The van der Waals surface area contributed by atoms with E-state index >= 15 is 0 Å². The molecule has 1 aliphatic heterocycles. The zero-order valence-corrected chi connectivity index (χ0v) is 7.48. The van der Waals surface area contributed by atoms with E-state index < -0.39 is 0 Å². The quantitative estimate of drug-likeness (QED) is 0.653. The predicted octanol–water partition coefficient (Wildman–Crippen LogP) is 1.30. The highest BCUT2D eigenvalue weighted by Crippen LogP contribution is 2.16. The first kappa shape index (κ1) is 9.07. The van der Waals surface area contributed by atoms with E-state index in [9.17, 15) is 4.79 Å². The van der Waals surface area contributed by atoms with Crippen LogP contribution in [-0.2, 0) is 9.53 Å². The third-order valence-corrected chi connectivity index (χ3v) is 2.26. The molecule has 0 saturated carbocycles. The van der Waals surface area contributed by atoms with Gasteiger partial charge in [-0.1, -0.05) is 0 Å². The predicted molar refractivity (Wildman–Crippen MR) is 47.0 cm³/mol. The SMILES string of the molecule is O=C(CCS)C1CCOCC1. The van der Waals surface area contributed by atoms with Gasteiger partial charge in [-0.3, -0.25) is 4.79 Å². The number of ether oxygens (including phenoxy) is 1. The fourth-order valence-corrected chi connectivity index (χ4v) is 1.55. The maximum Gasteiger partial charge on any atom is 0.136 e. The van der Waals surface area contributed by atoms with Crippen LogP contribution in [-0.4, -0.2) is 24.7 Å². The summed E-state index contributed by atoms with van der Waals surface area (Å²) in [4.78, 5) is 11.3. The maximum atomic E-state index is 11.3. The minimum absolute atomic E-state index is 0.260. The minimum Gasteiger partial charge on any atom is -0.381 e. The molecule has 0 aromatic carbocycles. The lowest BCUT2D eigenvalue weighted by Crippen LogP contribution is -2.23. The lowest BCUT2D eigenvalue weighted by atomic mass is 9.94. The van der Waals surface area contributed by atoms with E-state index in [0.717, 1.165) is 26.1 Å². The van der Waals surface area contributed by atoms with Crippen LogP contribution in [0.25, 0.3) is 0 Å². The second kappa shape index (κ2) is 4.78. The van der Waals surface area contributed by atoms with Gasteiger partial charge in [-0.25, -0.2) is 0 Å². The highest BCUT2D eigenvalue weighted by Gasteiger charge is 2.20. The summed E-state index contributed by atoms with van der Waals surface area (Å²) >= 11 is 4.03. The summed E-state index contributed by atoms with van der Waals surface area (Å²) in [5, 5.41) is 0. The molecule has 64 valence electrons. The van der Waals surface area contributed by atoms with E-state index in [1.54, 1.807) is 0 Å². The Balaban J connectivity index is 2.27. The van der Waals surface area contributed by atoms with Crippen LogP contribution in [0.5, 0.6) is 0 Å². The zero-order chi connectivity index (χ0) is 8.10. The van der Waals surface area contributed by atoms with Crippen LogP contribution < -0.4 is 0 Å². The maximum absolute atomic E-state index is 11.3. The Bertz CT molecular complexity index is 130. The molecule has 1 fully saturated rings. The van der Waals surface area contributed by atoms with Crippen LogP contribution in [0.1, 0.15) is 19.3 Å². The van der Waals surface area contributed by atoms with Gasteiger partial charge in [-0.15, -0.1) is 0 Å². The largest absolute Gasteiger partial charge is 0.381 e. The third kappa shape index (κ3) is 2.83. The Labute approximate surface area is 72.7 Å². The van der Waals surface area contributed by atoms with Gasteiger partial charge in [0, 0.05) is 25.6 Å². The van der Waals surface area contributed by atoms with E-state index in [0.29, 0.717) is 18.0 Å². The molecule has 11 heavy (non-hydrogen) atoms. The molecule has 0 aliphatic carbocycles. The molecular weight excluding hydrogens is 160 g/mol. The third-order valence-electron chi connectivity index (χ3n) is 2.03. The molecule has 0 spiro atoms. The summed E-state index contributed by atoms with van der Waals surface area (Å²) in [5.74, 6) is 1.30. The Hall–Kier alpha value is -0.0200. The number of Topliss-reactive ketones (excluding diaryl/α,β-unsaturated/α-hetero) is 1. The lowest BCUT2D eigenvalue weighted by molar-refractivity contribution is -0.125. The van der Waals surface area contributed by atoms with E-state index in [-0.39, 0.29) is 5.92 Å². The molecule has 0 aromatic rings. The van der Waals surface area contributed by atoms with Crippen LogP contribution in [0.4, 0.5) is 0 Å². The summed E-state index contributed by atoms with van der Waals surface area (Å²) in [6.07, 6.45) is 2.44. The van der Waals surface area contributed by atoms with Crippen molar-refractivity contribution in [2.75, 3.05) is 19.0 Å². The van der Waals surface area contributed by atoms with Crippen molar-refractivity contribution in [3.63, 3.8) is 0 Å². The summed E-state index contributed by atoms with van der Waals surface area (Å²) in [6.45, 7) is 1.51. The first-order valence-corrected chi connectivity index (χ1v) is 4.69. The van der Waals surface area contributed by atoms with Gasteiger partial charge in [0.2, 0.25) is 0 Å². The molecule has 0 atom stereocenters. The number of ketones is 1. The van der Waals surface area contributed by atoms with Gasteiger partial charge in [0.25, 0.3) is 0 Å².